The Bertz CT molecular complexity index is 3130. The highest BCUT2D eigenvalue weighted by Crippen LogP contribution is 2.45. The van der Waals surface area contributed by atoms with Crippen LogP contribution in [-0.2, 0) is 0 Å². The first kappa shape index (κ1) is 41.3. The summed E-state index contributed by atoms with van der Waals surface area (Å²) in [6.07, 6.45) is 4.99. The Morgan fingerprint density at radius 1 is 0.290 bits per heavy atom. The van der Waals surface area contributed by atoms with Gasteiger partial charge in [-0.25, -0.2) is 53.9 Å². The maximum atomic E-state index is 15.9. The van der Waals surface area contributed by atoms with Gasteiger partial charge in [0.25, 0.3) is 0 Å². The maximum absolute atomic E-state index is 15.9. The van der Waals surface area contributed by atoms with Crippen LogP contribution in [0.5, 0.6) is 0 Å². The van der Waals surface area contributed by atoms with Gasteiger partial charge in [0.05, 0.1) is 54.0 Å². The van der Waals surface area contributed by atoms with Crippen LogP contribution < -0.4 is 0 Å². The lowest BCUT2D eigenvalue weighted by Crippen LogP contribution is -2.06. The molecule has 9 rings (SSSR count). The number of fused-ring (bicyclic) bond motifs is 8. The number of nitrogens with one attached hydrogen (secondary N) is 2. The van der Waals surface area contributed by atoms with Crippen LogP contribution in [0.1, 0.15) is 22.8 Å². The van der Waals surface area contributed by atoms with Crippen LogP contribution >= 0.6 is 46.4 Å². The van der Waals surface area contributed by atoms with Crippen LogP contribution in [0.4, 0.5) is 43.9 Å². The first-order valence-corrected chi connectivity index (χ1v) is 19.2. The Balaban J connectivity index is 1.57. The zero-order valence-corrected chi connectivity index (χ0v) is 33.3. The molecule has 3 aromatic heterocycles. The predicted octanol–water partition coefficient (Wildman–Crippen LogP) is 15.3. The number of rotatable bonds is 4. The lowest BCUT2D eigenvalue weighted by molar-refractivity contribution is 0.381. The van der Waals surface area contributed by atoms with E-state index in [1.54, 1.807) is 0 Å². The van der Waals surface area contributed by atoms with E-state index in [4.69, 9.17) is 46.4 Å². The molecule has 0 saturated heterocycles. The monoisotopic (exact) mass is 930 g/mol. The summed E-state index contributed by atoms with van der Waals surface area (Å²) in [6.45, 7) is 0. The number of nitrogens with zero attached hydrogens (tertiary/aromatic N) is 2. The topological polar surface area (TPSA) is 57.4 Å². The number of hydrogen-bond donors (Lipinski definition) is 2. The van der Waals surface area contributed by atoms with Gasteiger partial charge in [-0.3, -0.25) is 0 Å². The molecule has 0 saturated carbocycles. The van der Waals surface area contributed by atoms with Crippen LogP contribution in [0.15, 0.2) is 60.7 Å². The van der Waals surface area contributed by atoms with Gasteiger partial charge in [-0.1, -0.05) is 58.5 Å². The Hall–Kier alpha value is -6.06. The molecule has 2 N–H and O–H groups in total. The molecule has 0 spiro atoms. The van der Waals surface area contributed by atoms with E-state index in [-0.39, 0.29) is 87.2 Å². The average Bonchev–Trinajstić information content (AvgIpc) is 4.10. The van der Waals surface area contributed by atoms with Crippen molar-refractivity contribution in [2.75, 3.05) is 0 Å². The molecule has 18 heteroatoms. The number of halogens is 14. The minimum absolute atomic E-state index is 0.00139. The van der Waals surface area contributed by atoms with Gasteiger partial charge in [-0.2, -0.15) is 0 Å². The summed E-state index contributed by atoms with van der Waals surface area (Å²) in [5.74, 6) is -22.5. The molecule has 0 unspecified atom stereocenters. The summed E-state index contributed by atoms with van der Waals surface area (Å²) < 4.78 is 152. The van der Waals surface area contributed by atoms with Crippen molar-refractivity contribution in [1.82, 2.24) is 19.9 Å². The summed E-state index contributed by atoms with van der Waals surface area (Å²) >= 11 is 26.7. The molecular weight excluding hydrogens is 916 g/mol. The summed E-state index contributed by atoms with van der Waals surface area (Å²) in [7, 11) is 0. The Morgan fingerprint density at radius 2 is 0.548 bits per heavy atom. The van der Waals surface area contributed by atoms with Crippen LogP contribution in [0, 0.1) is 58.2 Å². The fourth-order valence-electron chi connectivity index (χ4n) is 7.38. The van der Waals surface area contributed by atoms with Gasteiger partial charge in [0.2, 0.25) is 11.6 Å². The smallest absolute Gasteiger partial charge is 0.200 e. The first-order chi connectivity index (χ1) is 29.6. The Labute approximate surface area is 361 Å². The number of aromatic amines is 2. The largest absolute Gasteiger partial charge is 0.354 e. The van der Waals surface area contributed by atoms with Crippen molar-refractivity contribution in [3.63, 3.8) is 0 Å². The highest BCUT2D eigenvalue weighted by molar-refractivity contribution is 6.40. The molecule has 5 heterocycles. The van der Waals surface area contributed by atoms with Crippen LogP contribution in [0.25, 0.3) is 90.9 Å². The molecule has 4 nitrogen and oxygen atoms in total. The molecule has 310 valence electrons. The zero-order chi connectivity index (χ0) is 44.0. The Morgan fingerprint density at radius 3 is 0.871 bits per heavy atom. The predicted molar refractivity (Wildman–Crippen MR) is 220 cm³/mol. The SMILES string of the molecule is Fc1c(F)c(F)c(-c2c3nc(c(-c4c(Cl)cccc4Cl)c4ccc([nH]4)c(-c4c(F)c(F)c(F)c(F)c4F)c4ccc([nH]4)c(-c4c(Cl)cccc4Cl)c4nc2C=C4)C=C3)c(F)c1F. The number of hydrogen-bond acceptors (Lipinski definition) is 2. The zero-order valence-electron chi connectivity index (χ0n) is 30.3. The van der Waals surface area contributed by atoms with Gasteiger partial charge in [0.1, 0.15) is 0 Å². The molecule has 7 aromatic rings. The van der Waals surface area contributed by atoms with Crippen molar-refractivity contribution in [2.45, 2.75) is 0 Å². The van der Waals surface area contributed by atoms with Crippen molar-refractivity contribution in [3.05, 3.63) is 162 Å². The molecule has 0 amide bonds. The minimum atomic E-state index is -2.41. The van der Waals surface area contributed by atoms with E-state index in [2.05, 4.69) is 19.9 Å². The molecule has 0 atom stereocenters. The molecule has 4 aromatic carbocycles. The van der Waals surface area contributed by atoms with E-state index in [1.807, 2.05) is 0 Å². The Kier molecular flexibility index (Phi) is 10.2. The standard InChI is InChI=1S/C44H16Cl4F10N4/c45-15-3-1-4-16(46)27(15)29-19-7-11-23(59-19)31(33-35(49)39(53)43(57)40(54)36(33)50)25-13-9-21(61-25)30(28-17(47)5-2-6-18(28)48)22-10-14-26(62-22)32(24-12-8-20(29)60-24)34-37(51)41(55)44(58)42(56)38(34)52/h1-14,59,61H. The van der Waals surface area contributed by atoms with E-state index in [1.165, 1.54) is 85.0 Å². The molecule has 0 fully saturated rings. The summed E-state index contributed by atoms with van der Waals surface area (Å²) in [4.78, 5) is 15.0. The summed E-state index contributed by atoms with van der Waals surface area (Å²) in [5.41, 5.74) is -5.20. The number of benzene rings is 4. The van der Waals surface area contributed by atoms with E-state index in [9.17, 15) is 17.6 Å². The van der Waals surface area contributed by atoms with Gasteiger partial charge < -0.3 is 9.97 Å². The molecule has 8 bridgehead atoms. The third-order valence-corrected chi connectivity index (χ3v) is 11.4. The second kappa shape index (κ2) is 15.4. The van der Waals surface area contributed by atoms with E-state index in [0.717, 1.165) is 0 Å². The second-order valence-electron chi connectivity index (χ2n) is 13.6. The quantitative estimate of drug-likeness (QED) is 0.105. The molecule has 62 heavy (non-hydrogen) atoms. The minimum Gasteiger partial charge on any atom is -0.354 e. The van der Waals surface area contributed by atoms with E-state index < -0.39 is 80.4 Å². The van der Waals surface area contributed by atoms with Crippen molar-refractivity contribution >= 4 is 92.8 Å². The highest BCUT2D eigenvalue weighted by atomic mass is 35.5. The average molecular weight is 932 g/mol. The van der Waals surface area contributed by atoms with Gasteiger partial charge >= 0.3 is 0 Å². The molecular formula is C44H16Cl4F10N4. The van der Waals surface area contributed by atoms with Gasteiger partial charge in [0, 0.05) is 55.4 Å². The van der Waals surface area contributed by atoms with Crippen molar-refractivity contribution in [2.24, 2.45) is 0 Å². The van der Waals surface area contributed by atoms with Gasteiger partial charge in [0.15, 0.2) is 46.5 Å². The van der Waals surface area contributed by atoms with E-state index in [0.29, 0.717) is 0 Å². The third-order valence-electron chi connectivity index (χ3n) is 10.1. The fourth-order valence-corrected chi connectivity index (χ4v) is 8.55. The molecule has 2 aliphatic rings. The molecule has 0 radical (unpaired) electrons. The van der Waals surface area contributed by atoms with Crippen LogP contribution in [0.3, 0.4) is 0 Å². The summed E-state index contributed by atoms with van der Waals surface area (Å²) in [6, 6.07) is 14.0. The maximum Gasteiger partial charge on any atom is 0.200 e. The summed E-state index contributed by atoms with van der Waals surface area (Å²) in [5, 5.41) is 0.0303. The van der Waals surface area contributed by atoms with E-state index >= 15 is 26.3 Å². The van der Waals surface area contributed by atoms with Gasteiger partial charge in [-0.05, 0) is 72.8 Å². The molecule has 2 aliphatic heterocycles. The van der Waals surface area contributed by atoms with Gasteiger partial charge in [-0.15, -0.1) is 0 Å². The van der Waals surface area contributed by atoms with Crippen molar-refractivity contribution in [3.8, 4) is 44.5 Å². The third kappa shape index (κ3) is 6.38. The number of H-pyrrole nitrogens is 2. The fraction of sp³-hybridized carbons (Fsp3) is 0. The van der Waals surface area contributed by atoms with Crippen LogP contribution in [-0.4, -0.2) is 19.9 Å². The lowest BCUT2D eigenvalue weighted by Gasteiger charge is -2.11. The van der Waals surface area contributed by atoms with Crippen molar-refractivity contribution in [1.29, 1.82) is 0 Å². The van der Waals surface area contributed by atoms with Crippen molar-refractivity contribution < 1.29 is 43.9 Å². The number of aromatic nitrogens is 4. The highest BCUT2D eigenvalue weighted by Gasteiger charge is 2.32. The second-order valence-corrected chi connectivity index (χ2v) is 15.2. The lowest BCUT2D eigenvalue weighted by atomic mass is 10.00. The van der Waals surface area contributed by atoms with Crippen LogP contribution in [0.2, 0.25) is 20.1 Å². The normalized spacial score (nSPS) is 12.2. The molecule has 0 aliphatic carbocycles. The first-order valence-electron chi connectivity index (χ1n) is 17.7.